The van der Waals surface area contributed by atoms with Gasteiger partial charge in [0.2, 0.25) is 0 Å². The van der Waals surface area contributed by atoms with E-state index in [4.69, 9.17) is 0 Å². The van der Waals surface area contributed by atoms with Gasteiger partial charge in [0.05, 0.1) is 12.2 Å². The number of amides is 1. The van der Waals surface area contributed by atoms with Crippen LogP contribution in [0.1, 0.15) is 60.3 Å². The van der Waals surface area contributed by atoms with E-state index in [2.05, 4.69) is 51.0 Å². The molecule has 0 radical (unpaired) electrons. The number of likely N-dealkylation sites (tertiary alicyclic amines) is 1. The lowest BCUT2D eigenvalue weighted by Crippen LogP contribution is -2.33. The highest BCUT2D eigenvalue weighted by atomic mass is 16.2. The molecule has 1 aromatic heterocycles. The van der Waals surface area contributed by atoms with E-state index < -0.39 is 0 Å². The first-order valence-corrected chi connectivity index (χ1v) is 10.9. The maximum absolute atomic E-state index is 12.6. The number of nitrogens with zero attached hydrogens (tertiary/aromatic N) is 4. The average molecular weight is 397 g/mol. The highest BCUT2D eigenvalue weighted by molar-refractivity contribution is 5.91. The Balaban J connectivity index is 1.34. The van der Waals surface area contributed by atoms with Crippen molar-refractivity contribution in [2.24, 2.45) is 5.92 Å². The summed E-state index contributed by atoms with van der Waals surface area (Å²) in [6.07, 6.45) is 6.36. The first-order chi connectivity index (χ1) is 14.2. The summed E-state index contributed by atoms with van der Waals surface area (Å²) in [6, 6.07) is 8.73. The third kappa shape index (κ3) is 5.22. The van der Waals surface area contributed by atoms with Gasteiger partial charge in [-0.3, -0.25) is 9.69 Å². The standard InChI is InChI=1S/C22H32N6O/c1-17-8-12-27(13-9-17)15-19-5-3-2-4-18(19)14-24-22(29)21-16-28(26-25-21)20-6-10-23-11-7-20/h2-5,16-17,20,23H,6-15H2,1H3,(H,24,29). The molecular weight excluding hydrogens is 364 g/mol. The van der Waals surface area contributed by atoms with Gasteiger partial charge in [-0.1, -0.05) is 36.4 Å². The topological polar surface area (TPSA) is 75.1 Å². The van der Waals surface area contributed by atoms with Crippen LogP contribution in [0.4, 0.5) is 0 Å². The molecule has 0 spiro atoms. The number of hydrogen-bond acceptors (Lipinski definition) is 5. The summed E-state index contributed by atoms with van der Waals surface area (Å²) in [5, 5.41) is 14.7. The van der Waals surface area contributed by atoms with Crippen molar-refractivity contribution in [3.8, 4) is 0 Å². The monoisotopic (exact) mass is 396 g/mol. The fourth-order valence-corrected chi connectivity index (χ4v) is 4.24. The molecule has 0 unspecified atom stereocenters. The van der Waals surface area contributed by atoms with Crippen molar-refractivity contribution < 1.29 is 4.79 Å². The minimum absolute atomic E-state index is 0.160. The van der Waals surface area contributed by atoms with E-state index in [1.807, 2.05) is 10.7 Å². The Kier molecular flexibility index (Phi) is 6.56. The van der Waals surface area contributed by atoms with E-state index in [1.165, 1.54) is 24.0 Å². The van der Waals surface area contributed by atoms with Crippen LogP contribution < -0.4 is 10.6 Å². The molecule has 1 aromatic carbocycles. The molecular formula is C22H32N6O. The van der Waals surface area contributed by atoms with Crippen LogP contribution in [0.15, 0.2) is 30.5 Å². The molecule has 4 rings (SSSR count). The molecule has 2 aromatic rings. The van der Waals surface area contributed by atoms with Gasteiger partial charge in [-0.25, -0.2) is 4.68 Å². The Morgan fingerprint density at radius 2 is 1.86 bits per heavy atom. The molecule has 0 atom stereocenters. The lowest BCUT2D eigenvalue weighted by atomic mass is 9.98. The number of rotatable bonds is 6. The molecule has 2 aliphatic rings. The Bertz CT molecular complexity index is 805. The summed E-state index contributed by atoms with van der Waals surface area (Å²) in [4.78, 5) is 15.1. The smallest absolute Gasteiger partial charge is 0.273 e. The maximum Gasteiger partial charge on any atom is 0.273 e. The van der Waals surface area contributed by atoms with Crippen molar-refractivity contribution in [2.45, 2.75) is 51.7 Å². The molecule has 1 amide bonds. The molecule has 156 valence electrons. The number of aromatic nitrogens is 3. The third-order valence-corrected chi connectivity index (χ3v) is 6.25. The fourth-order valence-electron chi connectivity index (χ4n) is 4.24. The number of carbonyl (C=O) groups excluding carboxylic acids is 1. The number of nitrogens with one attached hydrogen (secondary N) is 2. The highest BCUT2D eigenvalue weighted by Gasteiger charge is 2.19. The molecule has 0 aliphatic carbocycles. The van der Waals surface area contributed by atoms with Crippen LogP contribution in [-0.4, -0.2) is 52.0 Å². The molecule has 2 saturated heterocycles. The van der Waals surface area contributed by atoms with E-state index >= 15 is 0 Å². The van der Waals surface area contributed by atoms with Crippen LogP contribution in [0.2, 0.25) is 0 Å². The van der Waals surface area contributed by atoms with Crippen molar-refractivity contribution in [1.82, 2.24) is 30.5 Å². The van der Waals surface area contributed by atoms with Gasteiger partial charge >= 0.3 is 0 Å². The molecule has 0 bridgehead atoms. The van der Waals surface area contributed by atoms with E-state index in [-0.39, 0.29) is 5.91 Å². The van der Waals surface area contributed by atoms with Gasteiger partial charge in [-0.2, -0.15) is 0 Å². The molecule has 7 nitrogen and oxygen atoms in total. The Morgan fingerprint density at radius 1 is 1.14 bits per heavy atom. The second-order valence-corrected chi connectivity index (χ2v) is 8.48. The predicted octanol–water partition coefficient (Wildman–Crippen LogP) is 2.36. The highest BCUT2D eigenvalue weighted by Crippen LogP contribution is 2.20. The molecule has 2 N–H and O–H groups in total. The zero-order valence-electron chi connectivity index (χ0n) is 17.3. The van der Waals surface area contributed by atoms with Crippen LogP contribution in [0.3, 0.4) is 0 Å². The van der Waals surface area contributed by atoms with Crippen LogP contribution in [0.5, 0.6) is 0 Å². The van der Waals surface area contributed by atoms with E-state index in [1.54, 1.807) is 6.20 Å². The van der Waals surface area contributed by atoms with Crippen LogP contribution in [-0.2, 0) is 13.1 Å². The molecule has 2 fully saturated rings. The van der Waals surface area contributed by atoms with Crippen molar-refractivity contribution >= 4 is 5.91 Å². The number of carbonyl (C=O) groups is 1. The average Bonchev–Trinajstić information content (AvgIpc) is 3.26. The zero-order chi connectivity index (χ0) is 20.1. The Morgan fingerprint density at radius 3 is 2.62 bits per heavy atom. The van der Waals surface area contributed by atoms with Gasteiger partial charge in [0.1, 0.15) is 0 Å². The molecule has 2 aliphatic heterocycles. The van der Waals surface area contributed by atoms with Gasteiger partial charge in [-0.05, 0) is 68.9 Å². The summed E-state index contributed by atoms with van der Waals surface area (Å²) < 4.78 is 1.85. The van der Waals surface area contributed by atoms with E-state index in [0.717, 1.165) is 51.5 Å². The van der Waals surface area contributed by atoms with Crippen molar-refractivity contribution in [3.63, 3.8) is 0 Å². The van der Waals surface area contributed by atoms with Gasteiger partial charge < -0.3 is 10.6 Å². The van der Waals surface area contributed by atoms with Crippen molar-refractivity contribution in [2.75, 3.05) is 26.2 Å². The molecule has 0 saturated carbocycles. The second kappa shape index (κ2) is 9.50. The lowest BCUT2D eigenvalue weighted by molar-refractivity contribution is 0.0945. The van der Waals surface area contributed by atoms with E-state index in [9.17, 15) is 4.79 Å². The number of benzene rings is 1. The van der Waals surface area contributed by atoms with Crippen LogP contribution >= 0.6 is 0 Å². The summed E-state index contributed by atoms with van der Waals surface area (Å²) in [6.45, 7) is 8.08. The predicted molar refractivity (Wildman–Crippen MR) is 112 cm³/mol. The molecule has 29 heavy (non-hydrogen) atoms. The quantitative estimate of drug-likeness (QED) is 0.784. The van der Waals surface area contributed by atoms with Gasteiger partial charge in [0.25, 0.3) is 5.91 Å². The third-order valence-electron chi connectivity index (χ3n) is 6.25. The minimum atomic E-state index is -0.160. The normalized spacial score (nSPS) is 19.3. The maximum atomic E-state index is 12.6. The summed E-state index contributed by atoms with van der Waals surface area (Å²) >= 11 is 0. The van der Waals surface area contributed by atoms with Gasteiger partial charge in [0, 0.05) is 13.1 Å². The molecule has 7 heteroatoms. The Hall–Kier alpha value is -2.25. The van der Waals surface area contributed by atoms with Crippen molar-refractivity contribution in [1.29, 1.82) is 0 Å². The zero-order valence-corrected chi connectivity index (χ0v) is 17.3. The summed E-state index contributed by atoms with van der Waals surface area (Å²) in [5.41, 5.74) is 2.86. The van der Waals surface area contributed by atoms with Gasteiger partial charge in [-0.15, -0.1) is 5.10 Å². The molecule has 3 heterocycles. The first-order valence-electron chi connectivity index (χ1n) is 10.9. The summed E-state index contributed by atoms with van der Waals surface area (Å²) in [5.74, 6) is 0.672. The number of piperidine rings is 2. The minimum Gasteiger partial charge on any atom is -0.347 e. The summed E-state index contributed by atoms with van der Waals surface area (Å²) in [7, 11) is 0. The van der Waals surface area contributed by atoms with Crippen molar-refractivity contribution in [3.05, 3.63) is 47.3 Å². The Labute approximate surface area is 172 Å². The SMILES string of the molecule is CC1CCN(Cc2ccccc2CNC(=O)c2cn(C3CCNCC3)nn2)CC1. The van der Waals surface area contributed by atoms with Gasteiger partial charge in [0.15, 0.2) is 5.69 Å². The fraction of sp³-hybridized carbons (Fsp3) is 0.591. The van der Waals surface area contributed by atoms with E-state index in [0.29, 0.717) is 18.3 Å². The first kappa shape index (κ1) is 20.0. The second-order valence-electron chi connectivity index (χ2n) is 8.48. The van der Waals surface area contributed by atoms with Crippen LogP contribution in [0.25, 0.3) is 0 Å². The number of hydrogen-bond donors (Lipinski definition) is 2. The lowest BCUT2D eigenvalue weighted by Gasteiger charge is -2.30. The van der Waals surface area contributed by atoms with Crippen LogP contribution in [0, 0.1) is 5.92 Å². The largest absolute Gasteiger partial charge is 0.347 e.